The van der Waals surface area contributed by atoms with Gasteiger partial charge in [0, 0.05) is 38.3 Å². The maximum atomic E-state index is 8.78. The van der Waals surface area contributed by atoms with E-state index in [4.69, 9.17) is 9.90 Å². The van der Waals surface area contributed by atoms with Gasteiger partial charge in [-0.05, 0) is 0 Å². The summed E-state index contributed by atoms with van der Waals surface area (Å²) in [4.78, 5) is 8.78. The van der Waals surface area contributed by atoms with Crippen LogP contribution >= 0.6 is 0 Å². The molecule has 3 N–H and O–H groups in total. The Hall–Kier alpha value is 0.491. The molecule has 0 aliphatic carbocycles. The third-order valence-corrected chi connectivity index (χ3v) is 0. The molecule has 0 aromatic heterocycles. The third-order valence-electron chi connectivity index (χ3n) is 0. The minimum absolute atomic E-state index is 0. The molecular weight excluding hydrogens is 168 g/mol. The van der Waals surface area contributed by atoms with Crippen LogP contribution in [0.4, 0.5) is 4.79 Å². The van der Waals surface area contributed by atoms with Crippen molar-refractivity contribution in [3.63, 3.8) is 0 Å². The van der Waals surface area contributed by atoms with Gasteiger partial charge in [0.15, 0.2) is 0 Å². The Labute approximate surface area is 60.2 Å². The molecule has 0 unspecified atom stereocenters. The Balaban J connectivity index is -0.0000000450. The van der Waals surface area contributed by atoms with Crippen molar-refractivity contribution in [3.8, 4) is 0 Å². The van der Waals surface area contributed by atoms with Gasteiger partial charge < -0.3 is 10.8 Å². The number of rotatable bonds is 0. The number of primary amides is 1. The molecule has 0 aliphatic heterocycles. The van der Waals surface area contributed by atoms with Crippen LogP contribution in [0.1, 0.15) is 0 Å². The zero-order chi connectivity index (χ0) is 3.58. The molecule has 0 aliphatic rings. The number of hydrogen-bond acceptors (Lipinski definition) is 1. The summed E-state index contributed by atoms with van der Waals surface area (Å²) in [5.74, 6) is 0. The summed E-state index contributed by atoms with van der Waals surface area (Å²) in [5.41, 5.74) is 4.03. The van der Waals surface area contributed by atoms with Crippen molar-refractivity contribution in [2.24, 2.45) is 5.73 Å². The molecule has 0 aromatic rings. The summed E-state index contributed by atoms with van der Waals surface area (Å²) in [6.45, 7) is 0. The van der Waals surface area contributed by atoms with Gasteiger partial charge in [-0.1, -0.05) is 0 Å². The fourth-order valence-corrected chi connectivity index (χ4v) is 0. The van der Waals surface area contributed by atoms with Crippen LogP contribution in [0.15, 0.2) is 0 Å². The average Bonchev–Trinajstić information content (AvgIpc) is 0.811. The Morgan fingerprint density at radius 1 is 1.67 bits per heavy atom. The van der Waals surface area contributed by atoms with Gasteiger partial charge in [0.05, 0.1) is 0 Å². The van der Waals surface area contributed by atoms with Crippen molar-refractivity contribution in [2.45, 2.75) is 0 Å². The fraction of sp³-hybridized carbons (Fsp3) is 0. The van der Waals surface area contributed by atoms with Crippen LogP contribution in [-0.4, -0.2) is 30.1 Å². The molecule has 0 heterocycles. The molecule has 0 atom stereocenters. The normalized spacial score (nSPS) is 4.00. The van der Waals surface area contributed by atoms with Crippen molar-refractivity contribution in [1.82, 2.24) is 0 Å². The van der Waals surface area contributed by atoms with E-state index in [1.165, 1.54) is 0 Å². The summed E-state index contributed by atoms with van der Waals surface area (Å²) < 4.78 is 0. The van der Waals surface area contributed by atoms with E-state index in [-0.39, 0.29) is 38.3 Å². The van der Waals surface area contributed by atoms with E-state index in [1.807, 2.05) is 0 Å². The SMILES string of the molecule is NC(=O)O.[Li].[Rh]. The first-order valence-corrected chi connectivity index (χ1v) is 0.716. The predicted octanol–water partition coefficient (Wildman–Crippen LogP) is -0.760. The first-order valence-electron chi connectivity index (χ1n) is 0.716. The van der Waals surface area contributed by atoms with Gasteiger partial charge in [-0.2, -0.15) is 0 Å². The van der Waals surface area contributed by atoms with Crippen molar-refractivity contribution in [2.75, 3.05) is 0 Å². The first-order chi connectivity index (χ1) is 1.73. The molecule has 1 amide bonds. The van der Waals surface area contributed by atoms with Crippen molar-refractivity contribution in [3.05, 3.63) is 0 Å². The molecule has 0 saturated heterocycles. The molecular formula is CH3LiNO2Rh. The van der Waals surface area contributed by atoms with Crippen LogP contribution in [0.3, 0.4) is 0 Å². The van der Waals surface area contributed by atoms with Crippen LogP contribution in [0.5, 0.6) is 0 Å². The number of carbonyl (C=O) groups is 1. The van der Waals surface area contributed by atoms with Gasteiger partial charge >= 0.3 is 6.09 Å². The third kappa shape index (κ3) is 227. The van der Waals surface area contributed by atoms with E-state index in [2.05, 4.69) is 5.73 Å². The monoisotopic (exact) mass is 171 g/mol. The van der Waals surface area contributed by atoms with Gasteiger partial charge in [-0.3, -0.25) is 0 Å². The van der Waals surface area contributed by atoms with Crippen molar-refractivity contribution < 1.29 is 29.4 Å². The number of amides is 1. The Morgan fingerprint density at radius 3 is 1.67 bits per heavy atom. The van der Waals surface area contributed by atoms with E-state index < -0.39 is 6.09 Å². The molecule has 0 bridgehead atoms. The van der Waals surface area contributed by atoms with Gasteiger partial charge in [-0.15, -0.1) is 0 Å². The second-order valence-corrected chi connectivity index (χ2v) is 0.338. The van der Waals surface area contributed by atoms with Gasteiger partial charge in [0.1, 0.15) is 0 Å². The molecule has 0 aromatic carbocycles. The van der Waals surface area contributed by atoms with E-state index in [1.54, 1.807) is 0 Å². The first kappa shape index (κ1) is 16.1. The van der Waals surface area contributed by atoms with Crippen LogP contribution in [-0.2, 0) is 19.5 Å². The summed E-state index contributed by atoms with van der Waals surface area (Å²) in [6.07, 6.45) is -1.33. The van der Waals surface area contributed by atoms with Gasteiger partial charge in [0.2, 0.25) is 0 Å². The smallest absolute Gasteiger partial charge is 0.402 e. The Bertz CT molecular complexity index is 36.5. The molecule has 34 valence electrons. The molecule has 0 spiro atoms. The maximum absolute atomic E-state index is 8.78. The molecule has 3 nitrogen and oxygen atoms in total. The number of hydrogen-bond donors (Lipinski definition) is 2. The second kappa shape index (κ2) is 9.09. The van der Waals surface area contributed by atoms with E-state index >= 15 is 0 Å². The predicted molar refractivity (Wildman–Crippen MR) is 18.0 cm³/mol. The summed E-state index contributed by atoms with van der Waals surface area (Å²) >= 11 is 0. The second-order valence-electron chi connectivity index (χ2n) is 0.338. The fourth-order valence-electron chi connectivity index (χ4n) is 0. The standard InChI is InChI=1S/CH3NO2.Li.Rh/c2-1(3)4;;/h2H2,(H,3,4);;. The molecule has 5 heteroatoms. The minimum Gasteiger partial charge on any atom is -0.465 e. The quantitative estimate of drug-likeness (QED) is 0.470. The number of carboxylic acid groups (broad SMARTS) is 1. The van der Waals surface area contributed by atoms with Crippen molar-refractivity contribution >= 4 is 25.0 Å². The molecule has 2 radical (unpaired) electrons. The summed E-state index contributed by atoms with van der Waals surface area (Å²) in [6, 6.07) is 0. The number of nitrogens with two attached hydrogens (primary N) is 1. The van der Waals surface area contributed by atoms with E-state index in [0.717, 1.165) is 0 Å². The van der Waals surface area contributed by atoms with Crippen molar-refractivity contribution in [1.29, 1.82) is 0 Å². The maximum Gasteiger partial charge on any atom is 0.402 e. The van der Waals surface area contributed by atoms with Gasteiger partial charge in [0.25, 0.3) is 0 Å². The van der Waals surface area contributed by atoms with Crippen LogP contribution in [0.25, 0.3) is 0 Å². The molecule has 6 heavy (non-hydrogen) atoms. The van der Waals surface area contributed by atoms with Crippen LogP contribution < -0.4 is 5.73 Å². The van der Waals surface area contributed by atoms with E-state index in [0.29, 0.717) is 0 Å². The van der Waals surface area contributed by atoms with E-state index in [9.17, 15) is 0 Å². The molecule has 0 saturated carbocycles. The summed E-state index contributed by atoms with van der Waals surface area (Å²) in [5, 5.41) is 7.19. The summed E-state index contributed by atoms with van der Waals surface area (Å²) in [7, 11) is 0. The Morgan fingerprint density at radius 2 is 1.67 bits per heavy atom. The van der Waals surface area contributed by atoms with Crippen LogP contribution in [0.2, 0.25) is 0 Å². The minimum atomic E-state index is -1.33. The van der Waals surface area contributed by atoms with Gasteiger partial charge in [-0.25, -0.2) is 4.79 Å². The van der Waals surface area contributed by atoms with Crippen LogP contribution in [0, 0.1) is 0 Å². The molecule has 0 fully saturated rings. The zero-order valence-corrected chi connectivity index (χ0v) is 4.90. The molecule has 0 rings (SSSR count). The Kier molecular flexibility index (Phi) is 24.3. The average molecular weight is 171 g/mol. The zero-order valence-electron chi connectivity index (χ0n) is 3.27. The largest absolute Gasteiger partial charge is 0.465 e. The topological polar surface area (TPSA) is 63.3 Å².